The molecule has 124 valence electrons. The highest BCUT2D eigenvalue weighted by atomic mass is 32.1. The summed E-state index contributed by atoms with van der Waals surface area (Å²) in [6, 6.07) is -1.47. The van der Waals surface area contributed by atoms with E-state index < -0.39 is 23.5 Å². The molecule has 2 aliphatic heterocycles. The summed E-state index contributed by atoms with van der Waals surface area (Å²) in [5.74, 6) is -0.666. The summed E-state index contributed by atoms with van der Waals surface area (Å²) in [5, 5.41) is 0. The van der Waals surface area contributed by atoms with Crippen molar-refractivity contribution in [3.8, 4) is 0 Å². The standard InChI is InChI=1S/C13H22N4O3S2/c14-8(6-21)11(19)17-4-1-2-13(17)3-5-16(12(13)20)9(7-22)10(15)18/h8-9,21-22H,1-7,14H2,(H2,15,18)/t8-,9-,13?/m0/s1. The average Bonchev–Trinajstić information content (AvgIpc) is 3.06. The fourth-order valence-corrected chi connectivity index (χ4v) is 3.91. The average molecular weight is 346 g/mol. The molecule has 0 aromatic heterocycles. The lowest BCUT2D eigenvalue weighted by Gasteiger charge is -2.35. The van der Waals surface area contributed by atoms with Crippen LogP contribution in [0.25, 0.3) is 0 Å². The quantitative estimate of drug-likeness (QED) is 0.460. The number of primary amides is 1. The molecule has 0 bridgehead atoms. The summed E-state index contributed by atoms with van der Waals surface area (Å²) < 4.78 is 0. The maximum atomic E-state index is 12.9. The van der Waals surface area contributed by atoms with Gasteiger partial charge in [-0.25, -0.2) is 0 Å². The number of nitrogens with zero attached hydrogens (tertiary/aromatic N) is 2. The Hall–Kier alpha value is -0.930. The Kier molecular flexibility index (Phi) is 5.29. The molecular weight excluding hydrogens is 324 g/mol. The number of amides is 3. The minimum absolute atomic E-state index is 0.168. The molecule has 2 saturated heterocycles. The molecule has 0 saturated carbocycles. The number of carbonyl (C=O) groups is 3. The maximum Gasteiger partial charge on any atom is 0.249 e. The maximum absolute atomic E-state index is 12.9. The second kappa shape index (κ2) is 6.67. The van der Waals surface area contributed by atoms with E-state index >= 15 is 0 Å². The molecule has 2 rings (SSSR count). The lowest BCUT2D eigenvalue weighted by atomic mass is 9.93. The lowest BCUT2D eigenvalue weighted by Crippen LogP contribution is -2.58. The molecule has 3 atom stereocenters. The molecule has 2 aliphatic rings. The van der Waals surface area contributed by atoms with Crippen molar-refractivity contribution in [1.29, 1.82) is 0 Å². The molecule has 0 radical (unpaired) electrons. The summed E-state index contributed by atoms with van der Waals surface area (Å²) in [6.45, 7) is 0.898. The Bertz CT molecular complexity index is 490. The van der Waals surface area contributed by atoms with E-state index in [0.717, 1.165) is 6.42 Å². The molecule has 2 fully saturated rings. The number of nitrogens with two attached hydrogens (primary N) is 2. The SMILES string of the molecule is NC(=O)[C@H](CS)N1CCC2(CCCN2C(=O)[C@@H](N)CS)C1=O. The molecule has 0 aromatic carbocycles. The summed E-state index contributed by atoms with van der Waals surface area (Å²) >= 11 is 8.16. The van der Waals surface area contributed by atoms with Crippen molar-refractivity contribution in [1.82, 2.24) is 9.80 Å². The van der Waals surface area contributed by atoms with Crippen LogP contribution in [0.5, 0.6) is 0 Å². The van der Waals surface area contributed by atoms with E-state index in [4.69, 9.17) is 11.5 Å². The predicted molar refractivity (Wildman–Crippen MR) is 88.7 cm³/mol. The second-order valence-electron chi connectivity index (χ2n) is 5.76. The third-order valence-corrected chi connectivity index (χ3v) is 5.31. The van der Waals surface area contributed by atoms with Gasteiger partial charge in [0, 0.05) is 24.6 Å². The van der Waals surface area contributed by atoms with Crippen molar-refractivity contribution in [2.45, 2.75) is 36.9 Å². The van der Waals surface area contributed by atoms with Crippen molar-refractivity contribution >= 4 is 43.0 Å². The van der Waals surface area contributed by atoms with E-state index in [2.05, 4.69) is 25.3 Å². The van der Waals surface area contributed by atoms with Crippen molar-refractivity contribution in [2.24, 2.45) is 11.5 Å². The molecule has 7 nitrogen and oxygen atoms in total. The molecule has 9 heteroatoms. The van der Waals surface area contributed by atoms with Gasteiger partial charge in [-0.3, -0.25) is 14.4 Å². The van der Waals surface area contributed by atoms with Crippen LogP contribution in [0.3, 0.4) is 0 Å². The smallest absolute Gasteiger partial charge is 0.249 e. The van der Waals surface area contributed by atoms with Crippen LogP contribution in [0.15, 0.2) is 0 Å². The Morgan fingerprint density at radius 2 is 1.91 bits per heavy atom. The molecule has 3 amide bonds. The summed E-state index contributed by atoms with van der Waals surface area (Å²) in [5.41, 5.74) is 10.3. The van der Waals surface area contributed by atoms with Gasteiger partial charge in [0.1, 0.15) is 11.6 Å². The monoisotopic (exact) mass is 346 g/mol. The van der Waals surface area contributed by atoms with Crippen molar-refractivity contribution in [3.63, 3.8) is 0 Å². The Balaban J connectivity index is 2.25. The minimum Gasteiger partial charge on any atom is -0.368 e. The van der Waals surface area contributed by atoms with Crippen LogP contribution in [0.2, 0.25) is 0 Å². The number of likely N-dealkylation sites (tertiary alicyclic amines) is 2. The minimum atomic E-state index is -0.881. The van der Waals surface area contributed by atoms with E-state index in [0.29, 0.717) is 25.9 Å². The van der Waals surface area contributed by atoms with Gasteiger partial charge in [0.25, 0.3) is 0 Å². The fraction of sp³-hybridized carbons (Fsp3) is 0.769. The molecule has 0 aliphatic carbocycles. The van der Waals surface area contributed by atoms with Gasteiger partial charge in [0.2, 0.25) is 17.7 Å². The first-order valence-electron chi connectivity index (χ1n) is 7.28. The number of rotatable bonds is 5. The van der Waals surface area contributed by atoms with Gasteiger partial charge in [-0.05, 0) is 19.3 Å². The van der Waals surface area contributed by atoms with Crippen LogP contribution in [0.4, 0.5) is 0 Å². The third-order valence-electron chi connectivity index (χ3n) is 4.57. The van der Waals surface area contributed by atoms with E-state index in [1.54, 1.807) is 4.90 Å². The molecular formula is C13H22N4O3S2. The molecule has 4 N–H and O–H groups in total. The van der Waals surface area contributed by atoms with Crippen LogP contribution < -0.4 is 11.5 Å². The van der Waals surface area contributed by atoms with Gasteiger partial charge in [0.05, 0.1) is 6.04 Å². The third kappa shape index (κ3) is 2.69. The van der Waals surface area contributed by atoms with Crippen LogP contribution in [-0.2, 0) is 14.4 Å². The van der Waals surface area contributed by atoms with Gasteiger partial charge < -0.3 is 21.3 Å². The van der Waals surface area contributed by atoms with Gasteiger partial charge in [-0.15, -0.1) is 0 Å². The van der Waals surface area contributed by atoms with Crippen LogP contribution in [0.1, 0.15) is 19.3 Å². The number of carbonyl (C=O) groups excluding carboxylic acids is 3. The highest BCUT2D eigenvalue weighted by molar-refractivity contribution is 7.80. The first-order chi connectivity index (χ1) is 10.4. The summed E-state index contributed by atoms with van der Waals surface area (Å²) in [4.78, 5) is 39.9. The Morgan fingerprint density at radius 3 is 2.45 bits per heavy atom. The van der Waals surface area contributed by atoms with Crippen molar-refractivity contribution in [3.05, 3.63) is 0 Å². The van der Waals surface area contributed by atoms with Gasteiger partial charge in [0.15, 0.2) is 0 Å². The van der Waals surface area contributed by atoms with Crippen LogP contribution in [-0.4, -0.2) is 69.7 Å². The van der Waals surface area contributed by atoms with Crippen LogP contribution >= 0.6 is 25.3 Å². The van der Waals surface area contributed by atoms with E-state index in [9.17, 15) is 14.4 Å². The zero-order valence-electron chi connectivity index (χ0n) is 12.3. The largest absolute Gasteiger partial charge is 0.368 e. The molecule has 2 heterocycles. The molecule has 1 spiro atoms. The van der Waals surface area contributed by atoms with E-state index in [1.807, 2.05) is 0 Å². The van der Waals surface area contributed by atoms with Crippen LogP contribution in [0, 0.1) is 0 Å². The molecule has 22 heavy (non-hydrogen) atoms. The topological polar surface area (TPSA) is 110 Å². The first-order valence-corrected chi connectivity index (χ1v) is 8.54. The Labute approximate surface area is 140 Å². The first kappa shape index (κ1) is 17.4. The zero-order chi connectivity index (χ0) is 16.5. The summed E-state index contributed by atoms with van der Waals surface area (Å²) in [7, 11) is 0. The van der Waals surface area contributed by atoms with Crippen molar-refractivity contribution in [2.75, 3.05) is 24.6 Å². The zero-order valence-corrected chi connectivity index (χ0v) is 14.1. The second-order valence-corrected chi connectivity index (χ2v) is 6.49. The molecule has 1 unspecified atom stereocenters. The summed E-state index contributed by atoms with van der Waals surface area (Å²) in [6.07, 6.45) is 1.83. The lowest BCUT2D eigenvalue weighted by molar-refractivity contribution is -0.148. The molecule has 0 aromatic rings. The highest BCUT2D eigenvalue weighted by Crippen LogP contribution is 2.39. The van der Waals surface area contributed by atoms with Gasteiger partial charge >= 0.3 is 0 Å². The van der Waals surface area contributed by atoms with E-state index in [1.165, 1.54) is 4.90 Å². The predicted octanol–water partition coefficient (Wildman–Crippen LogP) is -1.38. The highest BCUT2D eigenvalue weighted by Gasteiger charge is 2.56. The normalized spacial score (nSPS) is 27.5. The number of thiol groups is 2. The van der Waals surface area contributed by atoms with Gasteiger partial charge in [-0.2, -0.15) is 25.3 Å². The number of hydrogen-bond donors (Lipinski definition) is 4. The Morgan fingerprint density at radius 1 is 1.23 bits per heavy atom. The van der Waals surface area contributed by atoms with Crippen molar-refractivity contribution < 1.29 is 14.4 Å². The number of hydrogen-bond acceptors (Lipinski definition) is 6. The van der Waals surface area contributed by atoms with E-state index in [-0.39, 0.29) is 23.3 Å². The fourth-order valence-electron chi connectivity index (χ4n) is 3.38. The van der Waals surface area contributed by atoms with Gasteiger partial charge in [-0.1, -0.05) is 0 Å².